The zero-order chi connectivity index (χ0) is 20.6. The van der Waals surface area contributed by atoms with Crippen LogP contribution in [0.1, 0.15) is 32.6 Å². The maximum atomic E-state index is 12.8. The number of urea groups is 1. The van der Waals surface area contributed by atoms with Crippen molar-refractivity contribution in [2.24, 2.45) is 5.92 Å². The standard InChI is InChI=1S/C20H27N5O4/c1-13-12-24(7-8-25(13)15-9-16(29-2)11-21-10-15)17(26)5-6-20(14-3-4-14)18(27)22-19(28)23-20/h9-11,13-14H,3-8,12H2,1-2H3,(H2,22,23,27,28)/t13-,20?/m0/s1. The molecule has 2 aliphatic heterocycles. The number of nitrogens with one attached hydrogen (secondary N) is 2. The van der Waals surface area contributed by atoms with E-state index in [0.29, 0.717) is 31.8 Å². The van der Waals surface area contributed by atoms with E-state index in [0.717, 1.165) is 18.5 Å². The number of aromatic nitrogens is 1. The molecule has 2 N–H and O–H groups in total. The molecule has 0 radical (unpaired) electrons. The molecule has 1 aromatic rings. The van der Waals surface area contributed by atoms with E-state index < -0.39 is 11.6 Å². The van der Waals surface area contributed by atoms with E-state index in [1.54, 1.807) is 19.5 Å². The van der Waals surface area contributed by atoms with Gasteiger partial charge in [-0.15, -0.1) is 0 Å². The van der Waals surface area contributed by atoms with Crippen molar-refractivity contribution in [3.63, 3.8) is 0 Å². The lowest BCUT2D eigenvalue weighted by molar-refractivity contribution is -0.133. The average molecular weight is 401 g/mol. The monoisotopic (exact) mass is 401 g/mol. The molecule has 3 fully saturated rings. The molecule has 1 saturated carbocycles. The Morgan fingerprint density at radius 2 is 2.10 bits per heavy atom. The number of hydrogen-bond acceptors (Lipinski definition) is 6. The van der Waals surface area contributed by atoms with Gasteiger partial charge in [0.2, 0.25) is 5.91 Å². The first kappa shape index (κ1) is 19.5. The number of anilines is 1. The highest BCUT2D eigenvalue weighted by Crippen LogP contribution is 2.43. The van der Waals surface area contributed by atoms with Crippen molar-refractivity contribution in [3.05, 3.63) is 18.5 Å². The lowest BCUT2D eigenvalue weighted by atomic mass is 9.87. The second kappa shape index (κ2) is 7.53. The lowest BCUT2D eigenvalue weighted by Crippen LogP contribution is -2.54. The first-order valence-electron chi connectivity index (χ1n) is 10.1. The van der Waals surface area contributed by atoms with Gasteiger partial charge in [-0.2, -0.15) is 0 Å². The Bertz CT molecular complexity index is 827. The molecular formula is C20H27N5O4. The SMILES string of the molecule is COc1cncc(N2CCN(C(=O)CCC3(C4CC4)NC(=O)NC3=O)C[C@@H]2C)c1. The Balaban J connectivity index is 1.36. The van der Waals surface area contributed by atoms with E-state index in [-0.39, 0.29) is 30.2 Å². The van der Waals surface area contributed by atoms with Crippen molar-refractivity contribution in [3.8, 4) is 5.75 Å². The number of hydrogen-bond donors (Lipinski definition) is 2. The van der Waals surface area contributed by atoms with E-state index in [2.05, 4.69) is 27.4 Å². The van der Waals surface area contributed by atoms with Crippen molar-refractivity contribution in [1.29, 1.82) is 0 Å². The Morgan fingerprint density at radius 3 is 2.72 bits per heavy atom. The van der Waals surface area contributed by atoms with Crippen molar-refractivity contribution >= 4 is 23.5 Å². The number of ether oxygens (including phenoxy) is 1. The van der Waals surface area contributed by atoms with E-state index >= 15 is 0 Å². The van der Waals surface area contributed by atoms with Crippen LogP contribution < -0.4 is 20.3 Å². The topological polar surface area (TPSA) is 104 Å². The molecule has 1 aromatic heterocycles. The summed E-state index contributed by atoms with van der Waals surface area (Å²) in [6.07, 6.45) is 5.89. The minimum absolute atomic E-state index is 0.0224. The number of piperazine rings is 1. The maximum absolute atomic E-state index is 12.8. The summed E-state index contributed by atoms with van der Waals surface area (Å²) in [6, 6.07) is 1.62. The summed E-state index contributed by atoms with van der Waals surface area (Å²) >= 11 is 0. The number of methoxy groups -OCH3 is 1. The molecular weight excluding hydrogens is 374 g/mol. The third-order valence-corrected chi connectivity index (χ3v) is 6.22. The van der Waals surface area contributed by atoms with Gasteiger partial charge in [-0.3, -0.25) is 19.9 Å². The molecule has 4 rings (SSSR count). The Morgan fingerprint density at radius 1 is 1.31 bits per heavy atom. The largest absolute Gasteiger partial charge is 0.495 e. The van der Waals surface area contributed by atoms with Gasteiger partial charge in [0.25, 0.3) is 5.91 Å². The number of imide groups is 1. The zero-order valence-electron chi connectivity index (χ0n) is 16.8. The van der Waals surface area contributed by atoms with E-state index in [1.165, 1.54) is 0 Å². The summed E-state index contributed by atoms with van der Waals surface area (Å²) < 4.78 is 5.25. The van der Waals surface area contributed by atoms with Crippen LogP contribution in [-0.4, -0.2) is 66.1 Å². The van der Waals surface area contributed by atoms with Gasteiger partial charge in [-0.1, -0.05) is 0 Å². The third-order valence-electron chi connectivity index (χ3n) is 6.22. The Hall–Kier alpha value is -2.84. The van der Waals surface area contributed by atoms with Crippen molar-refractivity contribution in [2.45, 2.75) is 44.2 Å². The van der Waals surface area contributed by atoms with Gasteiger partial charge >= 0.3 is 6.03 Å². The summed E-state index contributed by atoms with van der Waals surface area (Å²) in [4.78, 5) is 45.1. The third kappa shape index (κ3) is 3.73. The van der Waals surface area contributed by atoms with Crippen molar-refractivity contribution < 1.29 is 19.1 Å². The van der Waals surface area contributed by atoms with Gasteiger partial charge in [0.15, 0.2) is 0 Å². The van der Waals surface area contributed by atoms with Gasteiger partial charge in [0.05, 0.1) is 25.2 Å². The summed E-state index contributed by atoms with van der Waals surface area (Å²) in [7, 11) is 1.61. The molecule has 0 bridgehead atoms. The van der Waals surface area contributed by atoms with Crippen LogP contribution in [-0.2, 0) is 9.59 Å². The maximum Gasteiger partial charge on any atom is 0.322 e. The first-order chi connectivity index (χ1) is 13.9. The number of pyridine rings is 1. The Labute approximate surface area is 169 Å². The highest BCUT2D eigenvalue weighted by Gasteiger charge is 2.55. The zero-order valence-corrected chi connectivity index (χ0v) is 16.8. The molecule has 1 unspecified atom stereocenters. The summed E-state index contributed by atoms with van der Waals surface area (Å²) in [5.41, 5.74) is 0.0638. The van der Waals surface area contributed by atoms with Gasteiger partial charge in [-0.05, 0) is 32.1 Å². The normalized spacial score (nSPS) is 26.9. The molecule has 0 aromatic carbocycles. The van der Waals surface area contributed by atoms with Crippen LogP contribution in [0.3, 0.4) is 0 Å². The van der Waals surface area contributed by atoms with Gasteiger partial charge < -0.3 is 19.9 Å². The number of amides is 4. The van der Waals surface area contributed by atoms with Crippen LogP contribution in [0.15, 0.2) is 18.5 Å². The summed E-state index contributed by atoms with van der Waals surface area (Å²) in [5.74, 6) is 0.573. The first-order valence-corrected chi connectivity index (χ1v) is 10.1. The number of carbonyl (C=O) groups is 3. The predicted molar refractivity (Wildman–Crippen MR) is 106 cm³/mol. The molecule has 1 aliphatic carbocycles. The fourth-order valence-corrected chi connectivity index (χ4v) is 4.46. The number of carbonyl (C=O) groups excluding carboxylic acids is 3. The minimum atomic E-state index is -0.910. The summed E-state index contributed by atoms with van der Waals surface area (Å²) in [5, 5.41) is 5.12. The van der Waals surface area contributed by atoms with Crippen LogP contribution in [0.5, 0.6) is 5.75 Å². The molecule has 2 atom stereocenters. The minimum Gasteiger partial charge on any atom is -0.495 e. The average Bonchev–Trinajstić information content (AvgIpc) is 3.52. The molecule has 156 valence electrons. The van der Waals surface area contributed by atoms with Gasteiger partial charge in [0.1, 0.15) is 11.3 Å². The van der Waals surface area contributed by atoms with Crippen molar-refractivity contribution in [2.75, 3.05) is 31.6 Å². The molecule has 3 heterocycles. The number of nitrogens with zero attached hydrogens (tertiary/aromatic N) is 3. The van der Waals surface area contributed by atoms with E-state index in [9.17, 15) is 14.4 Å². The van der Waals surface area contributed by atoms with Gasteiger partial charge in [0, 0.05) is 38.2 Å². The second-order valence-corrected chi connectivity index (χ2v) is 8.12. The highest BCUT2D eigenvalue weighted by atomic mass is 16.5. The fourth-order valence-electron chi connectivity index (χ4n) is 4.46. The summed E-state index contributed by atoms with van der Waals surface area (Å²) in [6.45, 7) is 3.99. The molecule has 2 saturated heterocycles. The fraction of sp³-hybridized carbons (Fsp3) is 0.600. The van der Waals surface area contributed by atoms with Crippen LogP contribution in [0, 0.1) is 5.92 Å². The molecule has 9 heteroatoms. The molecule has 29 heavy (non-hydrogen) atoms. The second-order valence-electron chi connectivity index (χ2n) is 8.12. The van der Waals surface area contributed by atoms with Crippen LogP contribution >= 0.6 is 0 Å². The van der Waals surface area contributed by atoms with Gasteiger partial charge in [-0.25, -0.2) is 4.79 Å². The molecule has 3 aliphatic rings. The quantitative estimate of drug-likeness (QED) is 0.687. The Kier molecular flexibility index (Phi) is 5.06. The van der Waals surface area contributed by atoms with Crippen molar-refractivity contribution in [1.82, 2.24) is 20.5 Å². The van der Waals surface area contributed by atoms with Crippen LogP contribution in [0.4, 0.5) is 10.5 Å². The molecule has 0 spiro atoms. The highest BCUT2D eigenvalue weighted by molar-refractivity contribution is 6.07. The van der Waals surface area contributed by atoms with E-state index in [4.69, 9.17) is 4.74 Å². The lowest BCUT2D eigenvalue weighted by Gasteiger charge is -2.41. The smallest absolute Gasteiger partial charge is 0.322 e. The molecule has 9 nitrogen and oxygen atoms in total. The van der Waals surface area contributed by atoms with E-state index in [1.807, 2.05) is 11.0 Å². The number of rotatable bonds is 6. The van der Waals surface area contributed by atoms with Crippen LogP contribution in [0.2, 0.25) is 0 Å². The molecule has 4 amide bonds. The van der Waals surface area contributed by atoms with Crippen LogP contribution in [0.25, 0.3) is 0 Å². The predicted octanol–water partition coefficient (Wildman–Crippen LogP) is 0.896.